The van der Waals surface area contributed by atoms with Gasteiger partial charge in [0, 0.05) is 12.1 Å². The Morgan fingerprint density at radius 2 is 2.06 bits per heavy atom. The number of non-ortho nitro benzene ring substituents is 1. The summed E-state index contributed by atoms with van der Waals surface area (Å²) in [6, 6.07) is 5.02. The number of hydrogen-bond acceptors (Lipinski definition) is 6. The summed E-state index contributed by atoms with van der Waals surface area (Å²) in [7, 11) is 0. The van der Waals surface area contributed by atoms with Gasteiger partial charge in [0.25, 0.3) is 5.69 Å². The van der Waals surface area contributed by atoms with Gasteiger partial charge in [-0.3, -0.25) is 14.9 Å². The molecule has 96 valence electrons. The lowest BCUT2D eigenvalue weighted by atomic mass is 10.3. The Labute approximate surface area is 102 Å². The van der Waals surface area contributed by atoms with Crippen LogP contribution in [0.25, 0.3) is 0 Å². The van der Waals surface area contributed by atoms with Crippen LogP contribution in [0.3, 0.4) is 0 Å². The summed E-state index contributed by atoms with van der Waals surface area (Å²) < 4.78 is 9.67. The van der Waals surface area contributed by atoms with Gasteiger partial charge in [-0.05, 0) is 19.1 Å². The van der Waals surface area contributed by atoms with E-state index >= 15 is 0 Å². The lowest BCUT2D eigenvalue weighted by molar-refractivity contribution is -0.384. The van der Waals surface area contributed by atoms with Crippen LogP contribution in [-0.2, 0) is 14.3 Å². The molecule has 18 heavy (non-hydrogen) atoms. The molecule has 0 aliphatic carbocycles. The van der Waals surface area contributed by atoms with E-state index in [1.54, 1.807) is 6.92 Å². The van der Waals surface area contributed by atoms with Crippen molar-refractivity contribution < 1.29 is 24.0 Å². The summed E-state index contributed by atoms with van der Waals surface area (Å²) in [6.07, 6.45) is -1.06. The molecule has 0 heterocycles. The molecular weight excluding hydrogens is 242 g/mol. The van der Waals surface area contributed by atoms with Gasteiger partial charge in [-0.25, -0.2) is 4.79 Å². The summed E-state index contributed by atoms with van der Waals surface area (Å²) in [5, 5.41) is 10.4. The fourth-order valence-electron chi connectivity index (χ4n) is 1.15. The molecule has 7 heteroatoms. The molecule has 1 atom stereocenters. The van der Waals surface area contributed by atoms with Crippen molar-refractivity contribution >= 4 is 17.9 Å². The summed E-state index contributed by atoms with van der Waals surface area (Å²) >= 11 is 0. The Morgan fingerprint density at radius 1 is 1.44 bits per heavy atom. The first-order valence-electron chi connectivity index (χ1n) is 5.11. The monoisotopic (exact) mass is 253 g/mol. The number of esters is 1. The minimum atomic E-state index is -1.37. The van der Waals surface area contributed by atoms with E-state index in [0.29, 0.717) is 6.29 Å². The smallest absolute Gasteiger partial charge is 0.354 e. The molecule has 0 spiro atoms. The Bertz CT molecular complexity index is 441. The van der Waals surface area contributed by atoms with Crippen LogP contribution < -0.4 is 4.74 Å². The Kier molecular flexibility index (Phi) is 4.79. The standard InChI is InChI=1S/C11H11NO6/c1-2-17-11(14)10(7-13)18-9-5-3-8(4-6-9)12(15)16/h3-7,10H,2H2,1H3. The number of benzene rings is 1. The van der Waals surface area contributed by atoms with Crippen LogP contribution in [0.2, 0.25) is 0 Å². The molecule has 1 aromatic rings. The SMILES string of the molecule is CCOC(=O)C(C=O)Oc1ccc([N+](=O)[O-])cc1. The fraction of sp³-hybridized carbons (Fsp3) is 0.273. The van der Waals surface area contributed by atoms with Crippen LogP contribution in [0.15, 0.2) is 24.3 Å². The van der Waals surface area contributed by atoms with Crippen molar-refractivity contribution in [3.63, 3.8) is 0 Å². The Hall–Kier alpha value is -2.44. The normalized spacial score (nSPS) is 11.4. The van der Waals surface area contributed by atoms with E-state index in [0.717, 1.165) is 0 Å². The zero-order valence-corrected chi connectivity index (χ0v) is 9.57. The predicted molar refractivity (Wildman–Crippen MR) is 60.2 cm³/mol. The zero-order valence-electron chi connectivity index (χ0n) is 9.57. The predicted octanol–water partition coefficient (Wildman–Crippen LogP) is 1.10. The van der Waals surface area contributed by atoms with Crippen LogP contribution in [-0.4, -0.2) is 29.9 Å². The number of hydrogen-bond donors (Lipinski definition) is 0. The second-order valence-corrected chi connectivity index (χ2v) is 3.18. The topological polar surface area (TPSA) is 95.7 Å². The maximum Gasteiger partial charge on any atom is 0.354 e. The lowest BCUT2D eigenvalue weighted by Gasteiger charge is -2.11. The van der Waals surface area contributed by atoms with E-state index in [-0.39, 0.29) is 18.0 Å². The Morgan fingerprint density at radius 3 is 2.50 bits per heavy atom. The van der Waals surface area contributed by atoms with Gasteiger partial charge < -0.3 is 9.47 Å². The first-order chi connectivity index (χ1) is 8.58. The van der Waals surface area contributed by atoms with Gasteiger partial charge in [0.15, 0.2) is 6.29 Å². The number of nitro benzene ring substituents is 1. The highest BCUT2D eigenvalue weighted by molar-refractivity contribution is 5.91. The van der Waals surface area contributed by atoms with Crippen LogP contribution in [0.1, 0.15) is 6.92 Å². The quantitative estimate of drug-likeness (QED) is 0.248. The first kappa shape index (κ1) is 13.6. The summed E-state index contributed by atoms with van der Waals surface area (Å²) in [4.78, 5) is 31.8. The van der Waals surface area contributed by atoms with Crippen LogP contribution >= 0.6 is 0 Å². The average molecular weight is 253 g/mol. The van der Waals surface area contributed by atoms with Crippen LogP contribution in [0.4, 0.5) is 5.69 Å². The molecule has 0 radical (unpaired) electrons. The van der Waals surface area contributed by atoms with Crippen LogP contribution in [0, 0.1) is 10.1 Å². The van der Waals surface area contributed by atoms with E-state index in [9.17, 15) is 19.7 Å². The van der Waals surface area contributed by atoms with Gasteiger partial charge in [-0.2, -0.15) is 0 Å². The molecule has 7 nitrogen and oxygen atoms in total. The average Bonchev–Trinajstić information content (AvgIpc) is 2.36. The second-order valence-electron chi connectivity index (χ2n) is 3.18. The molecule has 1 rings (SSSR count). The first-order valence-corrected chi connectivity index (χ1v) is 5.11. The maximum absolute atomic E-state index is 11.3. The zero-order chi connectivity index (χ0) is 13.5. The minimum absolute atomic E-state index is 0.110. The van der Waals surface area contributed by atoms with Crippen molar-refractivity contribution in [2.75, 3.05) is 6.61 Å². The molecule has 0 fully saturated rings. The van der Waals surface area contributed by atoms with Gasteiger partial charge >= 0.3 is 5.97 Å². The number of nitro groups is 1. The van der Waals surface area contributed by atoms with Gasteiger partial charge in [-0.1, -0.05) is 0 Å². The van der Waals surface area contributed by atoms with Crippen molar-refractivity contribution in [2.24, 2.45) is 0 Å². The fourth-order valence-corrected chi connectivity index (χ4v) is 1.15. The molecule has 0 saturated heterocycles. The third-order valence-electron chi connectivity index (χ3n) is 1.95. The third-order valence-corrected chi connectivity index (χ3v) is 1.95. The highest BCUT2D eigenvalue weighted by atomic mass is 16.6. The molecule has 0 saturated carbocycles. The second kappa shape index (κ2) is 6.33. The highest BCUT2D eigenvalue weighted by Crippen LogP contribution is 2.18. The summed E-state index contributed by atoms with van der Waals surface area (Å²) in [5.74, 6) is -0.628. The van der Waals surface area contributed by atoms with E-state index in [1.165, 1.54) is 24.3 Å². The van der Waals surface area contributed by atoms with Crippen molar-refractivity contribution in [1.82, 2.24) is 0 Å². The number of aldehydes is 1. The molecule has 1 aromatic carbocycles. The molecule has 0 aliphatic rings. The number of ether oxygens (including phenoxy) is 2. The Balaban J connectivity index is 2.73. The summed E-state index contributed by atoms with van der Waals surface area (Å²) in [6.45, 7) is 1.73. The summed E-state index contributed by atoms with van der Waals surface area (Å²) in [5.41, 5.74) is -0.110. The largest absolute Gasteiger partial charge is 0.471 e. The van der Waals surface area contributed by atoms with E-state index < -0.39 is 17.0 Å². The van der Waals surface area contributed by atoms with Crippen molar-refractivity contribution in [2.45, 2.75) is 13.0 Å². The maximum atomic E-state index is 11.3. The number of rotatable bonds is 6. The number of carbonyl (C=O) groups is 2. The van der Waals surface area contributed by atoms with Gasteiger partial charge in [0.1, 0.15) is 5.75 Å². The third kappa shape index (κ3) is 3.55. The van der Waals surface area contributed by atoms with E-state index in [2.05, 4.69) is 4.74 Å². The van der Waals surface area contributed by atoms with Crippen LogP contribution in [0.5, 0.6) is 5.75 Å². The lowest BCUT2D eigenvalue weighted by Crippen LogP contribution is -2.30. The van der Waals surface area contributed by atoms with Crippen molar-refractivity contribution in [1.29, 1.82) is 0 Å². The minimum Gasteiger partial charge on any atom is -0.471 e. The highest BCUT2D eigenvalue weighted by Gasteiger charge is 2.21. The molecule has 0 aromatic heterocycles. The molecule has 1 unspecified atom stereocenters. The number of carbonyl (C=O) groups excluding carboxylic acids is 2. The van der Waals surface area contributed by atoms with E-state index in [4.69, 9.17) is 4.74 Å². The van der Waals surface area contributed by atoms with Gasteiger partial charge in [0.05, 0.1) is 11.5 Å². The number of nitrogens with zero attached hydrogens (tertiary/aromatic N) is 1. The molecule has 0 N–H and O–H groups in total. The van der Waals surface area contributed by atoms with Crippen molar-refractivity contribution in [3.05, 3.63) is 34.4 Å². The van der Waals surface area contributed by atoms with E-state index in [1.807, 2.05) is 0 Å². The molecule has 0 bridgehead atoms. The van der Waals surface area contributed by atoms with Gasteiger partial charge in [0.2, 0.25) is 6.10 Å². The van der Waals surface area contributed by atoms with Crippen molar-refractivity contribution in [3.8, 4) is 5.75 Å². The van der Waals surface area contributed by atoms with Gasteiger partial charge in [-0.15, -0.1) is 0 Å². The molecular formula is C11H11NO6. The molecule has 0 aliphatic heterocycles. The molecule has 0 amide bonds.